The highest BCUT2D eigenvalue weighted by Gasteiger charge is 2.19. The number of urea groups is 1. The smallest absolute Gasteiger partial charge is 0.317 e. The number of nitrogens with one attached hydrogen (secondary N) is 1. The quantitative estimate of drug-likeness (QED) is 0.823. The predicted molar refractivity (Wildman–Crippen MR) is 74.4 cm³/mol. The summed E-state index contributed by atoms with van der Waals surface area (Å²) in [4.78, 5) is 26.0. The number of nitrogens with zero attached hydrogens (tertiary/aromatic N) is 2. The Morgan fingerprint density at radius 1 is 1.30 bits per heavy atom. The maximum absolute atomic E-state index is 12.0. The van der Waals surface area contributed by atoms with Gasteiger partial charge in [0, 0.05) is 38.3 Å². The zero-order chi connectivity index (χ0) is 14.4. The third-order valence-electron chi connectivity index (χ3n) is 3.37. The van der Waals surface area contributed by atoms with E-state index in [9.17, 15) is 9.59 Å². The molecule has 0 aliphatic carbocycles. The van der Waals surface area contributed by atoms with Crippen LogP contribution in [-0.2, 0) is 11.3 Å². The van der Waals surface area contributed by atoms with Crippen LogP contribution < -0.4 is 10.1 Å². The zero-order valence-corrected chi connectivity index (χ0v) is 11.5. The molecule has 3 amide bonds. The first-order valence-electron chi connectivity index (χ1n) is 6.58. The van der Waals surface area contributed by atoms with Crippen LogP contribution in [0, 0.1) is 0 Å². The SMILES string of the molecule is COc1ccccc1CNC(=O)N1CCN(C=O)CC1. The van der Waals surface area contributed by atoms with Crippen molar-refractivity contribution in [2.24, 2.45) is 0 Å². The van der Waals surface area contributed by atoms with Crippen molar-refractivity contribution in [3.05, 3.63) is 29.8 Å². The lowest BCUT2D eigenvalue weighted by Crippen LogP contribution is -2.51. The minimum absolute atomic E-state index is 0.110. The Kier molecular flexibility index (Phi) is 4.81. The predicted octanol–water partition coefficient (Wildman–Crippen LogP) is 0.679. The molecule has 2 rings (SSSR count). The first kappa shape index (κ1) is 14.2. The maximum atomic E-state index is 12.0. The number of methoxy groups -OCH3 is 1. The fourth-order valence-corrected chi connectivity index (χ4v) is 2.16. The molecule has 108 valence electrons. The second-order valence-electron chi connectivity index (χ2n) is 4.60. The average Bonchev–Trinajstić information content (AvgIpc) is 2.53. The molecule has 1 aliphatic rings. The van der Waals surface area contributed by atoms with Gasteiger partial charge in [-0.25, -0.2) is 4.79 Å². The highest BCUT2D eigenvalue weighted by atomic mass is 16.5. The van der Waals surface area contributed by atoms with E-state index in [4.69, 9.17) is 4.74 Å². The number of carbonyl (C=O) groups is 2. The maximum Gasteiger partial charge on any atom is 0.317 e. The molecular weight excluding hydrogens is 258 g/mol. The van der Waals surface area contributed by atoms with Crippen LogP contribution in [0.25, 0.3) is 0 Å². The molecule has 0 atom stereocenters. The zero-order valence-electron chi connectivity index (χ0n) is 11.5. The van der Waals surface area contributed by atoms with Crippen LogP contribution in [0.2, 0.25) is 0 Å². The Morgan fingerprint density at radius 3 is 2.65 bits per heavy atom. The van der Waals surface area contributed by atoms with Gasteiger partial charge in [0.1, 0.15) is 5.75 Å². The molecule has 0 saturated carbocycles. The van der Waals surface area contributed by atoms with Gasteiger partial charge < -0.3 is 19.9 Å². The minimum atomic E-state index is -0.110. The summed E-state index contributed by atoms with van der Waals surface area (Å²) in [6, 6.07) is 7.48. The van der Waals surface area contributed by atoms with E-state index in [-0.39, 0.29) is 6.03 Å². The number of amides is 3. The fraction of sp³-hybridized carbons (Fsp3) is 0.429. The normalized spacial score (nSPS) is 14.8. The van der Waals surface area contributed by atoms with Gasteiger partial charge in [0.2, 0.25) is 6.41 Å². The van der Waals surface area contributed by atoms with Gasteiger partial charge in [-0.3, -0.25) is 4.79 Å². The van der Waals surface area contributed by atoms with Gasteiger partial charge in [0.15, 0.2) is 0 Å². The van der Waals surface area contributed by atoms with Crippen molar-refractivity contribution < 1.29 is 14.3 Å². The van der Waals surface area contributed by atoms with E-state index in [2.05, 4.69) is 5.32 Å². The molecule has 0 aromatic heterocycles. The number of para-hydroxylation sites is 1. The summed E-state index contributed by atoms with van der Waals surface area (Å²) < 4.78 is 5.24. The molecule has 1 aromatic carbocycles. The fourth-order valence-electron chi connectivity index (χ4n) is 2.16. The van der Waals surface area contributed by atoms with Gasteiger partial charge in [-0.2, -0.15) is 0 Å². The lowest BCUT2D eigenvalue weighted by Gasteiger charge is -2.32. The summed E-state index contributed by atoms with van der Waals surface area (Å²) in [5.74, 6) is 0.763. The number of hydrogen-bond donors (Lipinski definition) is 1. The third-order valence-corrected chi connectivity index (χ3v) is 3.37. The summed E-state index contributed by atoms with van der Waals surface area (Å²) >= 11 is 0. The van der Waals surface area contributed by atoms with Gasteiger partial charge in [0.25, 0.3) is 0 Å². The summed E-state index contributed by atoms with van der Waals surface area (Å²) in [5, 5.41) is 2.88. The van der Waals surface area contributed by atoms with Gasteiger partial charge in [-0.1, -0.05) is 18.2 Å². The van der Waals surface area contributed by atoms with Crippen molar-refractivity contribution in [2.75, 3.05) is 33.3 Å². The van der Waals surface area contributed by atoms with E-state index in [1.807, 2.05) is 24.3 Å². The van der Waals surface area contributed by atoms with Crippen molar-refractivity contribution in [1.29, 1.82) is 0 Å². The van der Waals surface area contributed by atoms with Crippen LogP contribution in [0.1, 0.15) is 5.56 Å². The molecule has 0 unspecified atom stereocenters. The average molecular weight is 277 g/mol. The Labute approximate surface area is 118 Å². The Bertz CT molecular complexity index is 470. The molecule has 6 nitrogen and oxygen atoms in total. The van der Waals surface area contributed by atoms with Crippen molar-refractivity contribution in [3.63, 3.8) is 0 Å². The molecule has 0 radical (unpaired) electrons. The number of piperazine rings is 1. The number of ether oxygens (including phenoxy) is 1. The molecule has 6 heteroatoms. The van der Waals surface area contributed by atoms with Crippen molar-refractivity contribution >= 4 is 12.4 Å². The van der Waals surface area contributed by atoms with Crippen molar-refractivity contribution in [2.45, 2.75) is 6.54 Å². The van der Waals surface area contributed by atoms with Gasteiger partial charge in [-0.15, -0.1) is 0 Å². The Balaban J connectivity index is 1.85. The van der Waals surface area contributed by atoms with Gasteiger partial charge >= 0.3 is 6.03 Å². The number of carbonyl (C=O) groups excluding carboxylic acids is 2. The van der Waals surface area contributed by atoms with E-state index in [0.29, 0.717) is 32.7 Å². The van der Waals surface area contributed by atoms with Crippen LogP contribution in [-0.4, -0.2) is 55.5 Å². The van der Waals surface area contributed by atoms with Crippen LogP contribution >= 0.6 is 0 Å². The molecule has 1 saturated heterocycles. The van der Waals surface area contributed by atoms with Gasteiger partial charge in [-0.05, 0) is 6.07 Å². The van der Waals surface area contributed by atoms with Crippen molar-refractivity contribution in [1.82, 2.24) is 15.1 Å². The minimum Gasteiger partial charge on any atom is -0.496 e. The highest BCUT2D eigenvalue weighted by molar-refractivity contribution is 5.74. The summed E-state index contributed by atoms with van der Waals surface area (Å²) in [6.45, 7) is 2.74. The summed E-state index contributed by atoms with van der Waals surface area (Å²) in [6.07, 6.45) is 0.823. The Hall–Kier alpha value is -2.24. The largest absolute Gasteiger partial charge is 0.496 e. The molecule has 1 fully saturated rings. The van der Waals surface area contributed by atoms with Gasteiger partial charge in [0.05, 0.1) is 7.11 Å². The van der Waals surface area contributed by atoms with E-state index in [0.717, 1.165) is 17.7 Å². The Morgan fingerprint density at radius 2 is 2.00 bits per heavy atom. The molecular formula is C14H19N3O3. The topological polar surface area (TPSA) is 61.9 Å². The first-order valence-corrected chi connectivity index (χ1v) is 6.58. The lowest BCUT2D eigenvalue weighted by atomic mass is 10.2. The number of benzene rings is 1. The van der Waals surface area contributed by atoms with Crippen LogP contribution in [0.15, 0.2) is 24.3 Å². The molecule has 1 heterocycles. The highest BCUT2D eigenvalue weighted by Crippen LogP contribution is 2.16. The van der Waals surface area contributed by atoms with Crippen LogP contribution in [0.3, 0.4) is 0 Å². The van der Waals surface area contributed by atoms with E-state index < -0.39 is 0 Å². The van der Waals surface area contributed by atoms with E-state index >= 15 is 0 Å². The molecule has 1 aliphatic heterocycles. The monoisotopic (exact) mass is 277 g/mol. The molecule has 1 aromatic rings. The molecule has 1 N–H and O–H groups in total. The van der Waals surface area contributed by atoms with Crippen LogP contribution in [0.5, 0.6) is 5.75 Å². The molecule has 0 spiro atoms. The second kappa shape index (κ2) is 6.79. The van der Waals surface area contributed by atoms with E-state index in [1.165, 1.54) is 0 Å². The number of rotatable bonds is 4. The molecule has 20 heavy (non-hydrogen) atoms. The lowest BCUT2D eigenvalue weighted by molar-refractivity contribution is -0.119. The standard InChI is InChI=1S/C14H19N3O3/c1-20-13-5-3-2-4-12(13)10-15-14(19)17-8-6-16(11-18)7-9-17/h2-5,11H,6-10H2,1H3,(H,15,19). The van der Waals surface area contributed by atoms with Crippen LogP contribution in [0.4, 0.5) is 4.79 Å². The van der Waals surface area contributed by atoms with E-state index in [1.54, 1.807) is 16.9 Å². The second-order valence-corrected chi connectivity index (χ2v) is 4.60. The third kappa shape index (κ3) is 3.40. The van der Waals surface area contributed by atoms with Crippen molar-refractivity contribution in [3.8, 4) is 5.75 Å². The molecule has 0 bridgehead atoms. The first-order chi connectivity index (χ1) is 9.74. The summed E-state index contributed by atoms with van der Waals surface area (Å²) in [5.41, 5.74) is 0.940. The number of hydrogen-bond acceptors (Lipinski definition) is 3. The summed E-state index contributed by atoms with van der Waals surface area (Å²) in [7, 11) is 1.61.